The van der Waals surface area contributed by atoms with E-state index in [4.69, 9.17) is 10.2 Å². The second-order valence-electron chi connectivity index (χ2n) is 5.03. The third-order valence-electron chi connectivity index (χ3n) is 3.21. The Balaban J connectivity index is 1.98. The van der Waals surface area contributed by atoms with Gasteiger partial charge >= 0.3 is 0 Å². The number of furan rings is 1. The molecule has 0 saturated heterocycles. The molecule has 1 aromatic carbocycles. The zero-order valence-electron chi connectivity index (χ0n) is 12.2. The number of rotatable bonds is 7. The molecule has 0 fully saturated rings. The average Bonchev–Trinajstić information content (AvgIpc) is 2.98. The Morgan fingerprint density at radius 1 is 1.27 bits per heavy atom. The van der Waals surface area contributed by atoms with Crippen LogP contribution in [0.4, 0.5) is 0 Å². The topological polar surface area (TPSA) is 102 Å². The molecule has 0 aliphatic heterocycles. The first kappa shape index (κ1) is 16.3. The summed E-state index contributed by atoms with van der Waals surface area (Å²) in [6.07, 6.45) is 2.86. The lowest BCUT2D eigenvalue weighted by atomic mass is 10.2. The molecule has 6 nitrogen and oxygen atoms in total. The molecule has 22 heavy (non-hydrogen) atoms. The van der Waals surface area contributed by atoms with Crippen LogP contribution < -0.4 is 10.5 Å². The van der Waals surface area contributed by atoms with E-state index in [1.165, 1.54) is 24.3 Å². The zero-order chi connectivity index (χ0) is 16.2. The van der Waals surface area contributed by atoms with E-state index < -0.39 is 15.9 Å². The Kier molecular flexibility index (Phi) is 4.99. The third-order valence-corrected chi connectivity index (χ3v) is 4.81. The van der Waals surface area contributed by atoms with Gasteiger partial charge in [-0.15, -0.1) is 0 Å². The summed E-state index contributed by atoms with van der Waals surface area (Å²) < 4.78 is 32.3. The maximum atomic E-state index is 12.2. The molecule has 0 aliphatic rings. The van der Waals surface area contributed by atoms with Crippen LogP contribution in [0.5, 0.6) is 0 Å². The summed E-state index contributed by atoms with van der Waals surface area (Å²) in [5.41, 5.74) is 5.40. The number of hydrogen-bond donors (Lipinski definition) is 2. The van der Waals surface area contributed by atoms with Gasteiger partial charge in [0.05, 0.1) is 11.2 Å². The summed E-state index contributed by atoms with van der Waals surface area (Å²) in [7, 11) is -3.63. The van der Waals surface area contributed by atoms with E-state index in [1.807, 2.05) is 6.07 Å². The first-order valence-electron chi connectivity index (χ1n) is 6.83. The van der Waals surface area contributed by atoms with E-state index in [1.54, 1.807) is 19.3 Å². The molecule has 1 aromatic heterocycles. The van der Waals surface area contributed by atoms with Crippen molar-refractivity contribution >= 4 is 15.9 Å². The number of nitrogens with one attached hydrogen (secondary N) is 1. The van der Waals surface area contributed by atoms with Gasteiger partial charge in [0, 0.05) is 18.0 Å². The van der Waals surface area contributed by atoms with Crippen LogP contribution in [-0.2, 0) is 16.4 Å². The summed E-state index contributed by atoms with van der Waals surface area (Å²) >= 11 is 0. The first-order valence-corrected chi connectivity index (χ1v) is 8.31. The summed E-state index contributed by atoms with van der Waals surface area (Å²) in [5.74, 6) is 0.223. The van der Waals surface area contributed by atoms with E-state index >= 15 is 0 Å². The number of amides is 1. The van der Waals surface area contributed by atoms with Crippen LogP contribution in [0.1, 0.15) is 29.5 Å². The molecule has 1 amide bonds. The van der Waals surface area contributed by atoms with Crippen LogP contribution in [0.15, 0.2) is 52.0 Å². The molecule has 0 aliphatic carbocycles. The highest BCUT2D eigenvalue weighted by molar-refractivity contribution is 7.89. The van der Waals surface area contributed by atoms with Gasteiger partial charge < -0.3 is 10.2 Å². The molecule has 0 bridgehead atoms. The molecule has 1 heterocycles. The highest BCUT2D eigenvalue weighted by Gasteiger charge is 2.17. The zero-order valence-corrected chi connectivity index (χ0v) is 13.0. The van der Waals surface area contributed by atoms with E-state index in [-0.39, 0.29) is 16.5 Å². The van der Waals surface area contributed by atoms with Crippen molar-refractivity contribution in [2.24, 2.45) is 5.73 Å². The van der Waals surface area contributed by atoms with Gasteiger partial charge in [-0.25, -0.2) is 13.1 Å². The normalized spacial score (nSPS) is 13.0. The van der Waals surface area contributed by atoms with Crippen molar-refractivity contribution in [3.05, 3.63) is 54.0 Å². The summed E-state index contributed by atoms with van der Waals surface area (Å²) in [5, 5.41) is 0. The molecule has 7 heteroatoms. The van der Waals surface area contributed by atoms with Crippen LogP contribution in [0, 0.1) is 0 Å². The fourth-order valence-electron chi connectivity index (χ4n) is 2.00. The van der Waals surface area contributed by atoms with Crippen LogP contribution >= 0.6 is 0 Å². The molecular formula is C15H18N2O4S. The van der Waals surface area contributed by atoms with E-state index in [9.17, 15) is 13.2 Å². The van der Waals surface area contributed by atoms with Gasteiger partial charge in [0.25, 0.3) is 0 Å². The molecular weight excluding hydrogens is 304 g/mol. The SMILES string of the molecule is C[C@@H](CCc1ccco1)NS(=O)(=O)c1ccc(C(N)=O)cc1. The maximum Gasteiger partial charge on any atom is 0.248 e. The van der Waals surface area contributed by atoms with Crippen LogP contribution in [0.25, 0.3) is 0 Å². The molecule has 1 atom stereocenters. The quantitative estimate of drug-likeness (QED) is 0.809. The monoisotopic (exact) mass is 322 g/mol. The average molecular weight is 322 g/mol. The predicted octanol–water partition coefficient (Wildman–Crippen LogP) is 1.68. The van der Waals surface area contributed by atoms with Gasteiger partial charge in [0.1, 0.15) is 5.76 Å². The first-order chi connectivity index (χ1) is 10.4. The molecule has 0 spiro atoms. The molecule has 2 rings (SSSR count). The van der Waals surface area contributed by atoms with Crippen molar-refractivity contribution in [2.75, 3.05) is 0 Å². The summed E-state index contributed by atoms with van der Waals surface area (Å²) in [6, 6.07) is 8.91. The fourth-order valence-corrected chi connectivity index (χ4v) is 3.28. The summed E-state index contributed by atoms with van der Waals surface area (Å²) in [6.45, 7) is 1.79. The number of benzene rings is 1. The lowest BCUT2D eigenvalue weighted by Gasteiger charge is -2.13. The van der Waals surface area contributed by atoms with Crippen molar-refractivity contribution in [1.82, 2.24) is 4.72 Å². The van der Waals surface area contributed by atoms with Crippen LogP contribution in [-0.4, -0.2) is 20.4 Å². The number of carbonyl (C=O) groups is 1. The Bertz CT molecular complexity index is 721. The number of aryl methyl sites for hydroxylation is 1. The molecule has 0 saturated carbocycles. The Morgan fingerprint density at radius 3 is 2.50 bits per heavy atom. The Morgan fingerprint density at radius 2 is 1.95 bits per heavy atom. The third kappa shape index (κ3) is 4.19. The Hall–Kier alpha value is -2.12. The van der Waals surface area contributed by atoms with Gasteiger partial charge in [-0.3, -0.25) is 4.79 Å². The minimum atomic E-state index is -3.63. The van der Waals surface area contributed by atoms with Gasteiger partial charge in [-0.2, -0.15) is 0 Å². The minimum Gasteiger partial charge on any atom is -0.469 e. The molecule has 3 N–H and O–H groups in total. The maximum absolute atomic E-state index is 12.2. The second-order valence-corrected chi connectivity index (χ2v) is 6.74. The second kappa shape index (κ2) is 6.76. The van der Waals surface area contributed by atoms with Crippen LogP contribution in [0.2, 0.25) is 0 Å². The largest absolute Gasteiger partial charge is 0.469 e. The number of hydrogen-bond acceptors (Lipinski definition) is 4. The molecule has 2 aromatic rings. The van der Waals surface area contributed by atoms with Gasteiger partial charge in [0.15, 0.2) is 0 Å². The molecule has 0 radical (unpaired) electrons. The van der Waals surface area contributed by atoms with Gasteiger partial charge in [0.2, 0.25) is 15.9 Å². The lowest BCUT2D eigenvalue weighted by Crippen LogP contribution is -2.33. The summed E-state index contributed by atoms with van der Waals surface area (Å²) in [4.78, 5) is 11.1. The van der Waals surface area contributed by atoms with Crippen LogP contribution in [0.3, 0.4) is 0 Å². The number of carbonyl (C=O) groups excluding carboxylic acids is 1. The predicted molar refractivity (Wildman–Crippen MR) is 81.8 cm³/mol. The lowest BCUT2D eigenvalue weighted by molar-refractivity contribution is 0.1000. The van der Waals surface area contributed by atoms with E-state index in [0.29, 0.717) is 12.8 Å². The standard InChI is InChI=1S/C15H18N2O4S/c1-11(4-7-13-3-2-10-21-13)17-22(19,20)14-8-5-12(6-9-14)15(16)18/h2-3,5-6,8-11,17H,4,7H2,1H3,(H2,16,18)/t11-/m0/s1. The van der Waals surface area contributed by atoms with Gasteiger partial charge in [-0.05, 0) is 49.7 Å². The minimum absolute atomic E-state index is 0.0994. The molecule has 0 unspecified atom stereocenters. The highest BCUT2D eigenvalue weighted by Crippen LogP contribution is 2.12. The number of primary amides is 1. The fraction of sp³-hybridized carbons (Fsp3) is 0.267. The van der Waals surface area contributed by atoms with Gasteiger partial charge in [-0.1, -0.05) is 0 Å². The van der Waals surface area contributed by atoms with Crippen molar-refractivity contribution in [3.8, 4) is 0 Å². The van der Waals surface area contributed by atoms with Crippen molar-refractivity contribution in [3.63, 3.8) is 0 Å². The molecule has 118 valence electrons. The Labute approximate surface area is 129 Å². The van der Waals surface area contributed by atoms with E-state index in [2.05, 4.69) is 4.72 Å². The van der Waals surface area contributed by atoms with Crippen molar-refractivity contribution < 1.29 is 17.6 Å². The highest BCUT2D eigenvalue weighted by atomic mass is 32.2. The smallest absolute Gasteiger partial charge is 0.248 e. The number of sulfonamides is 1. The van der Waals surface area contributed by atoms with Crippen molar-refractivity contribution in [2.45, 2.75) is 30.7 Å². The van der Waals surface area contributed by atoms with E-state index in [0.717, 1.165) is 5.76 Å². The number of nitrogens with two attached hydrogens (primary N) is 1. The van der Waals surface area contributed by atoms with Crippen molar-refractivity contribution in [1.29, 1.82) is 0 Å².